The van der Waals surface area contributed by atoms with Crippen molar-refractivity contribution in [3.8, 4) is 0 Å². The molecule has 0 aliphatic heterocycles. The van der Waals surface area contributed by atoms with Gasteiger partial charge in [0.1, 0.15) is 0 Å². The highest BCUT2D eigenvalue weighted by Gasteiger charge is 2.13. The Morgan fingerprint density at radius 1 is 1.20 bits per heavy atom. The van der Waals surface area contributed by atoms with Gasteiger partial charge in [0.15, 0.2) is 0 Å². The zero-order chi connectivity index (χ0) is 15.5. The lowest BCUT2D eigenvalue weighted by atomic mass is 10.3. The zero-order valence-corrected chi connectivity index (χ0v) is 13.5. The summed E-state index contributed by atoms with van der Waals surface area (Å²) in [5.74, 6) is 0.00648. The zero-order valence-electron chi connectivity index (χ0n) is 12.6. The van der Waals surface area contributed by atoms with Crippen LogP contribution in [0.3, 0.4) is 0 Å². The minimum Gasteiger partial charge on any atom is -0.393 e. The average Bonchev–Trinajstić information content (AvgIpc) is 2.41. The maximum absolute atomic E-state index is 11.9. The molecule has 0 heterocycles. The fraction of sp³-hybridized carbons (Fsp3) is 0.769. The molecular weight excluding hydrogens is 276 g/mol. The predicted octanol–water partition coefficient (Wildman–Crippen LogP) is -0.0309. The highest BCUT2D eigenvalue weighted by molar-refractivity contribution is 7.80. The lowest BCUT2D eigenvalue weighted by molar-refractivity contribution is -0.130. The fourth-order valence-electron chi connectivity index (χ4n) is 1.72. The second kappa shape index (κ2) is 10.6. The normalized spacial score (nSPS) is 10.4. The number of hydrogen-bond acceptors (Lipinski definition) is 4. The smallest absolute Gasteiger partial charge is 0.233 e. The van der Waals surface area contributed by atoms with Crippen molar-refractivity contribution in [1.82, 2.24) is 15.1 Å². The molecule has 0 saturated heterocycles. The van der Waals surface area contributed by atoms with E-state index in [4.69, 9.17) is 18.0 Å². The van der Waals surface area contributed by atoms with Crippen molar-refractivity contribution in [2.24, 2.45) is 5.73 Å². The molecule has 7 heteroatoms. The first-order valence-corrected chi connectivity index (χ1v) is 7.26. The summed E-state index contributed by atoms with van der Waals surface area (Å²) in [6.07, 6.45) is 1.88. The quantitative estimate of drug-likeness (QED) is 0.554. The second-order valence-electron chi connectivity index (χ2n) is 4.73. The Balaban J connectivity index is 4.15. The van der Waals surface area contributed by atoms with Crippen molar-refractivity contribution in [1.29, 1.82) is 0 Å². The Kier molecular flexibility index (Phi) is 9.92. The highest BCUT2D eigenvalue weighted by Crippen LogP contribution is 1.98. The molecule has 0 bridgehead atoms. The van der Waals surface area contributed by atoms with Crippen LogP contribution in [0.4, 0.5) is 0 Å². The van der Waals surface area contributed by atoms with Crippen LogP contribution >= 0.6 is 12.2 Å². The first-order valence-electron chi connectivity index (χ1n) is 6.85. The van der Waals surface area contributed by atoms with Gasteiger partial charge in [0.05, 0.1) is 11.5 Å². The summed E-state index contributed by atoms with van der Waals surface area (Å²) in [6, 6.07) is 0. The van der Waals surface area contributed by atoms with E-state index >= 15 is 0 Å². The van der Waals surface area contributed by atoms with E-state index in [1.165, 1.54) is 0 Å². The maximum atomic E-state index is 11.9. The molecule has 20 heavy (non-hydrogen) atoms. The van der Waals surface area contributed by atoms with Crippen molar-refractivity contribution in [2.45, 2.75) is 26.2 Å². The Hall–Kier alpha value is -1.21. The third-order valence-corrected chi connectivity index (χ3v) is 3.15. The van der Waals surface area contributed by atoms with Crippen LogP contribution in [-0.2, 0) is 9.59 Å². The molecule has 3 N–H and O–H groups in total. The predicted molar refractivity (Wildman–Crippen MR) is 84.5 cm³/mol. The van der Waals surface area contributed by atoms with E-state index < -0.39 is 0 Å². The standard InChI is InChI=1S/C13H26N4O2S/c1-4-7-17(10-12(18)15-2)9-6-13(19)16(3)8-5-11(14)20/h4-10H2,1-3H3,(H2,14,20)(H,15,18). The van der Waals surface area contributed by atoms with Crippen molar-refractivity contribution in [3.63, 3.8) is 0 Å². The van der Waals surface area contributed by atoms with Gasteiger partial charge < -0.3 is 16.0 Å². The average molecular weight is 302 g/mol. The van der Waals surface area contributed by atoms with Crippen molar-refractivity contribution < 1.29 is 9.59 Å². The number of hydrogen-bond donors (Lipinski definition) is 2. The number of carbonyl (C=O) groups is 2. The summed E-state index contributed by atoms with van der Waals surface area (Å²) < 4.78 is 0. The number of nitrogens with one attached hydrogen (secondary N) is 1. The number of nitrogens with two attached hydrogens (primary N) is 1. The Morgan fingerprint density at radius 2 is 1.85 bits per heavy atom. The van der Waals surface area contributed by atoms with Gasteiger partial charge in [-0.2, -0.15) is 0 Å². The Labute approximate surface area is 126 Å². The van der Waals surface area contributed by atoms with Gasteiger partial charge >= 0.3 is 0 Å². The lowest BCUT2D eigenvalue weighted by Crippen LogP contribution is -2.39. The van der Waals surface area contributed by atoms with Gasteiger partial charge in [-0.25, -0.2) is 0 Å². The van der Waals surface area contributed by atoms with E-state index in [0.29, 0.717) is 37.5 Å². The van der Waals surface area contributed by atoms with Crippen LogP contribution in [0.2, 0.25) is 0 Å². The van der Waals surface area contributed by atoms with Crippen LogP contribution in [0.15, 0.2) is 0 Å². The minimum absolute atomic E-state index is 0.0345. The molecule has 0 radical (unpaired) electrons. The SMILES string of the molecule is CCCN(CCC(=O)N(C)CCC(N)=S)CC(=O)NC. The summed E-state index contributed by atoms with van der Waals surface area (Å²) in [4.78, 5) is 27.3. The van der Waals surface area contributed by atoms with Gasteiger partial charge in [0, 0.05) is 40.0 Å². The molecule has 0 spiro atoms. The number of amides is 2. The molecule has 116 valence electrons. The third-order valence-electron chi connectivity index (χ3n) is 2.95. The van der Waals surface area contributed by atoms with Gasteiger partial charge in [0.25, 0.3) is 0 Å². The Bertz CT molecular complexity index is 336. The maximum Gasteiger partial charge on any atom is 0.233 e. The van der Waals surface area contributed by atoms with Crippen LogP contribution in [0.1, 0.15) is 26.2 Å². The van der Waals surface area contributed by atoms with Crippen LogP contribution in [-0.4, -0.2) is 66.9 Å². The van der Waals surface area contributed by atoms with E-state index in [1.807, 2.05) is 11.8 Å². The van der Waals surface area contributed by atoms with E-state index in [-0.39, 0.29) is 11.8 Å². The van der Waals surface area contributed by atoms with Gasteiger partial charge in [-0.15, -0.1) is 0 Å². The molecule has 0 aromatic heterocycles. The number of carbonyl (C=O) groups excluding carboxylic acids is 2. The summed E-state index contributed by atoms with van der Waals surface area (Å²) in [5.41, 5.74) is 5.41. The molecule has 0 rings (SSSR count). The summed E-state index contributed by atoms with van der Waals surface area (Å²) in [7, 11) is 3.35. The minimum atomic E-state index is -0.0345. The summed E-state index contributed by atoms with van der Waals surface area (Å²) >= 11 is 4.79. The molecule has 0 unspecified atom stereocenters. The van der Waals surface area contributed by atoms with E-state index in [9.17, 15) is 9.59 Å². The van der Waals surface area contributed by atoms with E-state index in [1.54, 1.807) is 19.0 Å². The molecule has 0 aromatic rings. The van der Waals surface area contributed by atoms with Crippen molar-refractivity contribution in [3.05, 3.63) is 0 Å². The van der Waals surface area contributed by atoms with Crippen molar-refractivity contribution >= 4 is 29.0 Å². The number of thiocarbonyl (C=S) groups is 1. The monoisotopic (exact) mass is 302 g/mol. The molecule has 0 aromatic carbocycles. The molecule has 0 aliphatic rings. The summed E-state index contributed by atoms with van der Waals surface area (Å²) in [5, 5.41) is 2.59. The van der Waals surface area contributed by atoms with Crippen LogP contribution < -0.4 is 11.1 Å². The molecule has 0 atom stereocenters. The fourth-order valence-corrected chi connectivity index (χ4v) is 1.81. The molecule has 2 amide bonds. The van der Waals surface area contributed by atoms with Gasteiger partial charge in [0.2, 0.25) is 11.8 Å². The lowest BCUT2D eigenvalue weighted by Gasteiger charge is -2.22. The van der Waals surface area contributed by atoms with Gasteiger partial charge in [-0.05, 0) is 13.0 Å². The molecule has 0 fully saturated rings. The van der Waals surface area contributed by atoms with Crippen LogP contribution in [0.5, 0.6) is 0 Å². The van der Waals surface area contributed by atoms with Gasteiger partial charge in [-0.1, -0.05) is 19.1 Å². The van der Waals surface area contributed by atoms with Gasteiger partial charge in [-0.3, -0.25) is 14.5 Å². The molecular formula is C13H26N4O2S. The first-order chi connectivity index (χ1) is 9.40. The molecule has 0 saturated carbocycles. The van der Waals surface area contributed by atoms with Crippen molar-refractivity contribution in [2.75, 3.05) is 40.3 Å². The molecule has 0 aliphatic carbocycles. The third kappa shape index (κ3) is 8.82. The Morgan fingerprint density at radius 3 is 2.35 bits per heavy atom. The molecule has 6 nitrogen and oxygen atoms in total. The summed E-state index contributed by atoms with van der Waals surface area (Å²) in [6.45, 7) is 4.30. The van der Waals surface area contributed by atoms with E-state index in [0.717, 1.165) is 13.0 Å². The number of nitrogens with zero attached hydrogens (tertiary/aromatic N) is 2. The highest BCUT2D eigenvalue weighted by atomic mass is 32.1. The van der Waals surface area contributed by atoms with Crippen LogP contribution in [0, 0.1) is 0 Å². The van der Waals surface area contributed by atoms with Crippen LogP contribution in [0.25, 0.3) is 0 Å². The largest absolute Gasteiger partial charge is 0.393 e. The number of likely N-dealkylation sites (N-methyl/N-ethyl adjacent to an activating group) is 1. The topological polar surface area (TPSA) is 78.7 Å². The first kappa shape index (κ1) is 18.8. The van der Waals surface area contributed by atoms with E-state index in [2.05, 4.69) is 5.32 Å². The number of rotatable bonds is 10. The second-order valence-corrected chi connectivity index (χ2v) is 5.26.